The van der Waals surface area contributed by atoms with Crippen LogP contribution in [-0.4, -0.2) is 21.0 Å². The van der Waals surface area contributed by atoms with Crippen LogP contribution in [0.5, 0.6) is 0 Å². The van der Waals surface area contributed by atoms with Crippen molar-refractivity contribution >= 4 is 27.9 Å². The molecule has 0 aliphatic heterocycles. The molecule has 0 fully saturated rings. The lowest BCUT2D eigenvalue weighted by molar-refractivity contribution is 0.0699. The highest BCUT2D eigenvalue weighted by atomic mass is 16.4. The van der Waals surface area contributed by atoms with Crippen LogP contribution in [0.1, 0.15) is 10.4 Å². The van der Waals surface area contributed by atoms with Crippen molar-refractivity contribution in [1.29, 1.82) is 0 Å². The first-order chi connectivity index (χ1) is 8.25. The highest BCUT2D eigenvalue weighted by molar-refractivity contribution is 6.04. The molecule has 0 atom stereocenters. The fourth-order valence-electron chi connectivity index (χ4n) is 1.86. The van der Waals surface area contributed by atoms with Gasteiger partial charge in [-0.05, 0) is 24.3 Å². The Morgan fingerprint density at radius 2 is 2.00 bits per heavy atom. The average molecular weight is 224 g/mol. The molecule has 0 saturated carbocycles. The SMILES string of the molecule is O=C(O)c1cccc2cc3ncccc3nc12. The molecule has 0 unspecified atom stereocenters. The zero-order valence-electron chi connectivity index (χ0n) is 8.79. The highest BCUT2D eigenvalue weighted by Crippen LogP contribution is 2.20. The third-order valence-electron chi connectivity index (χ3n) is 2.64. The molecule has 1 N–H and O–H groups in total. The molecule has 3 rings (SSSR count). The summed E-state index contributed by atoms with van der Waals surface area (Å²) >= 11 is 0. The quantitative estimate of drug-likeness (QED) is 0.645. The van der Waals surface area contributed by atoms with E-state index in [0.29, 0.717) is 11.0 Å². The number of nitrogens with zero attached hydrogens (tertiary/aromatic N) is 2. The van der Waals surface area contributed by atoms with E-state index in [-0.39, 0.29) is 5.56 Å². The molecular weight excluding hydrogens is 216 g/mol. The van der Waals surface area contributed by atoms with Gasteiger partial charge in [-0.15, -0.1) is 0 Å². The molecule has 1 aromatic carbocycles. The van der Waals surface area contributed by atoms with Crippen LogP contribution >= 0.6 is 0 Å². The number of pyridine rings is 2. The first-order valence-corrected chi connectivity index (χ1v) is 5.13. The number of aromatic nitrogens is 2. The molecule has 0 radical (unpaired) electrons. The van der Waals surface area contributed by atoms with Crippen LogP contribution in [0, 0.1) is 0 Å². The lowest BCUT2D eigenvalue weighted by atomic mass is 10.1. The van der Waals surface area contributed by atoms with Gasteiger partial charge >= 0.3 is 5.97 Å². The Hall–Kier alpha value is -2.49. The van der Waals surface area contributed by atoms with E-state index >= 15 is 0 Å². The van der Waals surface area contributed by atoms with Crippen molar-refractivity contribution in [3.63, 3.8) is 0 Å². The van der Waals surface area contributed by atoms with Crippen molar-refractivity contribution in [2.24, 2.45) is 0 Å². The molecule has 82 valence electrons. The van der Waals surface area contributed by atoms with E-state index in [1.807, 2.05) is 18.2 Å². The molecule has 0 spiro atoms. The minimum Gasteiger partial charge on any atom is -0.478 e. The minimum atomic E-state index is -0.966. The van der Waals surface area contributed by atoms with E-state index in [9.17, 15) is 4.79 Å². The van der Waals surface area contributed by atoms with Crippen LogP contribution in [0.25, 0.3) is 21.9 Å². The summed E-state index contributed by atoms with van der Waals surface area (Å²) in [5, 5.41) is 9.89. The van der Waals surface area contributed by atoms with Gasteiger partial charge in [0.25, 0.3) is 0 Å². The van der Waals surface area contributed by atoms with E-state index < -0.39 is 5.97 Å². The Balaban J connectivity index is 2.47. The van der Waals surface area contributed by atoms with Gasteiger partial charge < -0.3 is 5.11 Å². The summed E-state index contributed by atoms with van der Waals surface area (Å²) in [6.07, 6.45) is 1.69. The number of benzene rings is 1. The zero-order valence-corrected chi connectivity index (χ0v) is 8.79. The lowest BCUT2D eigenvalue weighted by Gasteiger charge is -2.03. The second kappa shape index (κ2) is 3.52. The van der Waals surface area contributed by atoms with Gasteiger partial charge in [0.1, 0.15) is 0 Å². The van der Waals surface area contributed by atoms with Gasteiger partial charge in [-0.1, -0.05) is 12.1 Å². The Kier molecular flexibility index (Phi) is 2.01. The van der Waals surface area contributed by atoms with Crippen molar-refractivity contribution in [2.45, 2.75) is 0 Å². The van der Waals surface area contributed by atoms with Gasteiger partial charge in [0.2, 0.25) is 0 Å². The molecule has 0 aliphatic rings. The predicted molar refractivity (Wildman–Crippen MR) is 64.0 cm³/mol. The topological polar surface area (TPSA) is 63.1 Å². The zero-order chi connectivity index (χ0) is 11.8. The summed E-state index contributed by atoms with van der Waals surface area (Å²) in [5.41, 5.74) is 2.19. The Labute approximate surface area is 96.6 Å². The molecule has 0 bridgehead atoms. The predicted octanol–water partition coefficient (Wildman–Crippen LogP) is 2.48. The molecule has 4 nitrogen and oxygen atoms in total. The van der Waals surface area contributed by atoms with E-state index in [0.717, 1.165) is 10.9 Å². The van der Waals surface area contributed by atoms with Crippen molar-refractivity contribution in [3.8, 4) is 0 Å². The molecular formula is C13H8N2O2. The fourth-order valence-corrected chi connectivity index (χ4v) is 1.86. The number of para-hydroxylation sites is 1. The molecule has 2 aromatic heterocycles. The number of rotatable bonds is 1. The molecule has 2 heterocycles. The first-order valence-electron chi connectivity index (χ1n) is 5.13. The number of hydrogen-bond donors (Lipinski definition) is 1. The van der Waals surface area contributed by atoms with Gasteiger partial charge in [-0.25, -0.2) is 9.78 Å². The van der Waals surface area contributed by atoms with Gasteiger partial charge in [0.15, 0.2) is 0 Å². The molecule has 3 aromatic rings. The molecule has 0 amide bonds. The smallest absolute Gasteiger partial charge is 0.337 e. The number of aromatic carboxylic acids is 1. The molecule has 17 heavy (non-hydrogen) atoms. The maximum absolute atomic E-state index is 11.1. The van der Waals surface area contributed by atoms with Crippen LogP contribution < -0.4 is 0 Å². The number of carbonyl (C=O) groups is 1. The second-order valence-electron chi connectivity index (χ2n) is 3.71. The van der Waals surface area contributed by atoms with Crippen molar-refractivity contribution < 1.29 is 9.90 Å². The maximum atomic E-state index is 11.1. The monoisotopic (exact) mass is 224 g/mol. The van der Waals surface area contributed by atoms with Crippen LogP contribution in [0.3, 0.4) is 0 Å². The highest BCUT2D eigenvalue weighted by Gasteiger charge is 2.10. The largest absolute Gasteiger partial charge is 0.478 e. The summed E-state index contributed by atoms with van der Waals surface area (Å²) in [6, 6.07) is 10.6. The maximum Gasteiger partial charge on any atom is 0.337 e. The first kappa shape index (κ1) is 9.72. The number of fused-ring (bicyclic) bond motifs is 2. The third-order valence-corrected chi connectivity index (χ3v) is 2.64. The molecule has 0 saturated heterocycles. The van der Waals surface area contributed by atoms with E-state index in [1.165, 1.54) is 0 Å². The molecule has 4 heteroatoms. The van der Waals surface area contributed by atoms with Crippen molar-refractivity contribution in [3.05, 3.63) is 48.2 Å². The minimum absolute atomic E-state index is 0.216. The van der Waals surface area contributed by atoms with E-state index in [2.05, 4.69) is 9.97 Å². The van der Waals surface area contributed by atoms with Gasteiger partial charge in [-0.3, -0.25) is 4.98 Å². The fraction of sp³-hybridized carbons (Fsp3) is 0. The van der Waals surface area contributed by atoms with Crippen LogP contribution in [0.15, 0.2) is 42.6 Å². The summed E-state index contributed by atoms with van der Waals surface area (Å²) in [4.78, 5) is 19.6. The summed E-state index contributed by atoms with van der Waals surface area (Å²) in [7, 11) is 0. The second-order valence-corrected chi connectivity index (χ2v) is 3.71. The lowest BCUT2D eigenvalue weighted by Crippen LogP contribution is -1.99. The number of carboxylic acids is 1. The van der Waals surface area contributed by atoms with E-state index in [1.54, 1.807) is 24.4 Å². The Morgan fingerprint density at radius 1 is 1.12 bits per heavy atom. The summed E-state index contributed by atoms with van der Waals surface area (Å²) < 4.78 is 0. The molecule has 0 aliphatic carbocycles. The Morgan fingerprint density at radius 3 is 2.82 bits per heavy atom. The van der Waals surface area contributed by atoms with Crippen LogP contribution in [-0.2, 0) is 0 Å². The van der Waals surface area contributed by atoms with Crippen LogP contribution in [0.2, 0.25) is 0 Å². The van der Waals surface area contributed by atoms with Crippen LogP contribution in [0.4, 0.5) is 0 Å². The normalized spacial score (nSPS) is 10.8. The third kappa shape index (κ3) is 1.50. The van der Waals surface area contributed by atoms with Crippen molar-refractivity contribution in [2.75, 3.05) is 0 Å². The van der Waals surface area contributed by atoms with Gasteiger partial charge in [-0.2, -0.15) is 0 Å². The van der Waals surface area contributed by atoms with Gasteiger partial charge in [0, 0.05) is 11.6 Å². The average Bonchev–Trinajstić information content (AvgIpc) is 2.35. The number of carboxylic acid groups (broad SMARTS) is 1. The summed E-state index contributed by atoms with van der Waals surface area (Å²) in [6.45, 7) is 0. The van der Waals surface area contributed by atoms with E-state index in [4.69, 9.17) is 5.11 Å². The van der Waals surface area contributed by atoms with Gasteiger partial charge in [0.05, 0.1) is 22.1 Å². The summed E-state index contributed by atoms with van der Waals surface area (Å²) in [5.74, 6) is -0.966. The number of hydrogen-bond acceptors (Lipinski definition) is 3. The van der Waals surface area contributed by atoms with Crippen molar-refractivity contribution in [1.82, 2.24) is 9.97 Å². The standard InChI is InChI=1S/C13H8N2O2/c16-13(17)9-4-1-3-8-7-11-10(15-12(8)9)5-2-6-14-11/h1-7H,(H,16,17). The Bertz CT molecular complexity index is 738.